The van der Waals surface area contributed by atoms with E-state index in [1.165, 1.54) is 33.9 Å². The molecule has 0 atom stereocenters. The smallest absolute Gasteiger partial charge is 0.264 e. The van der Waals surface area contributed by atoms with Gasteiger partial charge in [0.25, 0.3) is 5.56 Å². The molecule has 4 rings (SSSR count). The molecule has 2 aromatic heterocycles. The quantitative estimate of drug-likeness (QED) is 0.440. The number of hydrogen-bond acceptors (Lipinski definition) is 6. The monoisotopic (exact) mass is 451 g/mol. The van der Waals surface area contributed by atoms with Gasteiger partial charge in [-0.15, -0.1) is 0 Å². The first kappa shape index (κ1) is 22.0. The van der Waals surface area contributed by atoms with Crippen LogP contribution in [0.4, 0.5) is 4.39 Å². The molecule has 0 unspecified atom stereocenters. The number of nitrogens with one attached hydrogen (secondary N) is 1. The minimum Gasteiger partial charge on any atom is -0.493 e. The van der Waals surface area contributed by atoms with Gasteiger partial charge < -0.3 is 14.8 Å². The van der Waals surface area contributed by atoms with Crippen molar-refractivity contribution in [1.82, 2.24) is 24.6 Å². The minimum atomic E-state index is -0.386. The standard InChI is InChI=1S/C23H22FN5O4/c1-32-19-8-3-15(11-20(19)33-2)9-10-25-21(30)13-28-14-26-22-18(23(28)31)12-27-29(22)17-6-4-16(24)5-7-17/h3-8,11-12,14H,9-10,13H2,1-2H3,(H,25,30). The molecule has 2 heterocycles. The Balaban J connectivity index is 1.41. The van der Waals surface area contributed by atoms with Crippen molar-refractivity contribution in [2.75, 3.05) is 20.8 Å². The lowest BCUT2D eigenvalue weighted by Crippen LogP contribution is -2.33. The number of rotatable bonds is 8. The summed E-state index contributed by atoms with van der Waals surface area (Å²) in [6.45, 7) is 0.219. The normalized spacial score (nSPS) is 10.9. The number of ether oxygens (including phenoxy) is 2. The van der Waals surface area contributed by atoms with Crippen molar-refractivity contribution in [2.45, 2.75) is 13.0 Å². The average molecular weight is 451 g/mol. The molecule has 2 aromatic carbocycles. The fraction of sp³-hybridized carbons (Fsp3) is 0.217. The van der Waals surface area contributed by atoms with E-state index in [4.69, 9.17) is 9.47 Å². The SMILES string of the molecule is COc1ccc(CCNC(=O)Cn2cnc3c(cnn3-c3ccc(F)cc3)c2=O)cc1OC. The fourth-order valence-electron chi connectivity index (χ4n) is 3.43. The highest BCUT2D eigenvalue weighted by Crippen LogP contribution is 2.27. The van der Waals surface area contributed by atoms with Crippen molar-refractivity contribution in [3.8, 4) is 17.2 Å². The van der Waals surface area contributed by atoms with Crippen LogP contribution < -0.4 is 20.3 Å². The summed E-state index contributed by atoms with van der Waals surface area (Å²) < 4.78 is 26.4. The summed E-state index contributed by atoms with van der Waals surface area (Å²) in [6, 6.07) is 11.2. The fourth-order valence-corrected chi connectivity index (χ4v) is 3.43. The van der Waals surface area contributed by atoms with Crippen molar-refractivity contribution in [1.29, 1.82) is 0 Å². The molecule has 0 saturated carbocycles. The van der Waals surface area contributed by atoms with Gasteiger partial charge in [-0.2, -0.15) is 5.10 Å². The van der Waals surface area contributed by atoms with Gasteiger partial charge in [0, 0.05) is 6.54 Å². The van der Waals surface area contributed by atoms with E-state index in [0.29, 0.717) is 35.8 Å². The lowest BCUT2D eigenvalue weighted by molar-refractivity contribution is -0.121. The molecule has 10 heteroatoms. The van der Waals surface area contributed by atoms with Gasteiger partial charge >= 0.3 is 0 Å². The highest BCUT2D eigenvalue weighted by atomic mass is 19.1. The Kier molecular flexibility index (Phi) is 6.34. The Morgan fingerprint density at radius 1 is 1.09 bits per heavy atom. The van der Waals surface area contributed by atoms with E-state index in [1.54, 1.807) is 26.4 Å². The van der Waals surface area contributed by atoms with Crippen LogP contribution in [-0.2, 0) is 17.8 Å². The van der Waals surface area contributed by atoms with Crippen LogP contribution in [0.25, 0.3) is 16.7 Å². The number of nitrogens with zero attached hydrogens (tertiary/aromatic N) is 4. The molecule has 0 spiro atoms. The summed E-state index contributed by atoms with van der Waals surface area (Å²) in [5.74, 6) is 0.566. The molecule has 9 nitrogen and oxygen atoms in total. The van der Waals surface area contributed by atoms with Gasteiger partial charge in [-0.3, -0.25) is 14.2 Å². The maximum atomic E-state index is 13.2. The van der Waals surface area contributed by atoms with Gasteiger partial charge in [0.1, 0.15) is 24.1 Å². The van der Waals surface area contributed by atoms with Crippen molar-refractivity contribution in [3.63, 3.8) is 0 Å². The number of aromatic nitrogens is 4. The summed E-state index contributed by atoms with van der Waals surface area (Å²) in [4.78, 5) is 29.4. The molecule has 0 saturated heterocycles. The number of methoxy groups -OCH3 is 2. The first-order valence-electron chi connectivity index (χ1n) is 10.2. The third-order valence-electron chi connectivity index (χ3n) is 5.12. The Labute approximate surface area is 188 Å². The Morgan fingerprint density at radius 2 is 1.85 bits per heavy atom. The third kappa shape index (κ3) is 4.69. The van der Waals surface area contributed by atoms with E-state index < -0.39 is 0 Å². The van der Waals surface area contributed by atoms with E-state index in [0.717, 1.165) is 5.56 Å². The molecular weight excluding hydrogens is 429 g/mol. The molecule has 0 radical (unpaired) electrons. The van der Waals surface area contributed by atoms with Crippen LogP contribution in [-0.4, -0.2) is 46.0 Å². The third-order valence-corrected chi connectivity index (χ3v) is 5.12. The number of halogens is 1. The number of benzene rings is 2. The number of carbonyl (C=O) groups is 1. The Morgan fingerprint density at radius 3 is 2.58 bits per heavy atom. The first-order chi connectivity index (χ1) is 16.0. The zero-order valence-corrected chi connectivity index (χ0v) is 18.1. The minimum absolute atomic E-state index is 0.171. The van der Waals surface area contributed by atoms with Gasteiger partial charge in [-0.05, 0) is 48.4 Å². The van der Waals surface area contributed by atoms with E-state index in [2.05, 4.69) is 15.4 Å². The van der Waals surface area contributed by atoms with Crippen molar-refractivity contribution >= 4 is 16.9 Å². The highest BCUT2D eigenvalue weighted by molar-refractivity contribution is 5.77. The molecule has 1 amide bonds. The second kappa shape index (κ2) is 9.51. The van der Waals surface area contributed by atoms with Gasteiger partial charge in [0.15, 0.2) is 17.1 Å². The zero-order chi connectivity index (χ0) is 23.4. The lowest BCUT2D eigenvalue weighted by Gasteiger charge is -2.10. The number of fused-ring (bicyclic) bond motifs is 1. The molecule has 0 bridgehead atoms. The van der Waals surface area contributed by atoms with Crippen LogP contribution in [0.15, 0.2) is 59.8 Å². The summed E-state index contributed by atoms with van der Waals surface area (Å²) in [7, 11) is 3.13. The van der Waals surface area contributed by atoms with E-state index >= 15 is 0 Å². The molecule has 1 N–H and O–H groups in total. The van der Waals surface area contributed by atoms with Gasteiger partial charge in [0.05, 0.1) is 26.1 Å². The van der Waals surface area contributed by atoms with E-state index in [-0.39, 0.29) is 29.2 Å². The molecular formula is C23H22FN5O4. The second-order valence-corrected chi connectivity index (χ2v) is 7.24. The molecule has 0 aliphatic heterocycles. The summed E-state index contributed by atoms with van der Waals surface area (Å²) in [5, 5.41) is 7.25. The topological polar surface area (TPSA) is 100 Å². The predicted molar refractivity (Wildman–Crippen MR) is 119 cm³/mol. The maximum Gasteiger partial charge on any atom is 0.264 e. The van der Waals surface area contributed by atoms with Gasteiger partial charge in [-0.1, -0.05) is 6.07 Å². The summed E-state index contributed by atoms with van der Waals surface area (Å²) in [5.41, 5.74) is 1.49. The number of hydrogen-bond donors (Lipinski definition) is 1. The largest absolute Gasteiger partial charge is 0.493 e. The van der Waals surface area contributed by atoms with Crippen LogP contribution in [0, 0.1) is 5.82 Å². The van der Waals surface area contributed by atoms with Crippen LogP contribution in [0.1, 0.15) is 5.56 Å². The van der Waals surface area contributed by atoms with Crippen LogP contribution in [0.3, 0.4) is 0 Å². The first-order valence-corrected chi connectivity index (χ1v) is 10.2. The van der Waals surface area contributed by atoms with Gasteiger partial charge in [0.2, 0.25) is 5.91 Å². The van der Waals surface area contributed by atoms with Crippen molar-refractivity contribution < 1.29 is 18.7 Å². The number of amides is 1. The van der Waals surface area contributed by atoms with Crippen molar-refractivity contribution in [3.05, 3.63) is 76.7 Å². The zero-order valence-electron chi connectivity index (χ0n) is 18.1. The van der Waals surface area contributed by atoms with E-state index in [1.807, 2.05) is 18.2 Å². The molecule has 4 aromatic rings. The van der Waals surface area contributed by atoms with Crippen molar-refractivity contribution in [2.24, 2.45) is 0 Å². The lowest BCUT2D eigenvalue weighted by atomic mass is 10.1. The van der Waals surface area contributed by atoms with Crippen LogP contribution >= 0.6 is 0 Å². The number of carbonyl (C=O) groups excluding carboxylic acids is 1. The highest BCUT2D eigenvalue weighted by Gasteiger charge is 2.13. The summed E-state index contributed by atoms with van der Waals surface area (Å²) in [6.07, 6.45) is 3.28. The molecule has 170 valence electrons. The molecule has 33 heavy (non-hydrogen) atoms. The molecule has 0 fully saturated rings. The van der Waals surface area contributed by atoms with Gasteiger partial charge in [-0.25, -0.2) is 14.1 Å². The van der Waals surface area contributed by atoms with E-state index in [9.17, 15) is 14.0 Å². The predicted octanol–water partition coefficient (Wildman–Crippen LogP) is 2.10. The second-order valence-electron chi connectivity index (χ2n) is 7.24. The maximum absolute atomic E-state index is 13.2. The van der Waals surface area contributed by atoms with Crippen LogP contribution in [0.2, 0.25) is 0 Å². The van der Waals surface area contributed by atoms with Crippen LogP contribution in [0.5, 0.6) is 11.5 Å². The average Bonchev–Trinajstić information content (AvgIpc) is 3.26. The molecule has 0 aliphatic rings. The summed E-state index contributed by atoms with van der Waals surface area (Å²) >= 11 is 0. The Bertz CT molecular complexity index is 1350. The Hall–Kier alpha value is -4.21. The molecule has 0 aliphatic carbocycles.